The predicted molar refractivity (Wildman–Crippen MR) is 85.4 cm³/mol. The maximum atomic E-state index is 5.89. The minimum Gasteiger partial charge on any atom is -0.344 e. The second-order valence-electron chi connectivity index (χ2n) is 4.51. The van der Waals surface area contributed by atoms with Crippen LogP contribution >= 0.6 is 23.2 Å². The van der Waals surface area contributed by atoms with Crippen molar-refractivity contribution in [2.45, 2.75) is 0 Å². The first-order valence-corrected chi connectivity index (χ1v) is 7.18. The SMILES string of the molecule is ClCN(CCl)c1ccc2cc3ccccc3cc2c1. The minimum atomic E-state index is 0.391. The molecule has 0 saturated carbocycles. The summed E-state index contributed by atoms with van der Waals surface area (Å²) >= 11 is 11.8. The molecule has 0 aromatic heterocycles. The van der Waals surface area contributed by atoms with Crippen LogP contribution in [0.25, 0.3) is 21.5 Å². The average Bonchev–Trinajstić information content (AvgIpc) is 2.46. The lowest BCUT2D eigenvalue weighted by molar-refractivity contribution is 1.05. The van der Waals surface area contributed by atoms with Crippen molar-refractivity contribution in [1.82, 2.24) is 0 Å². The number of halogens is 2. The van der Waals surface area contributed by atoms with Crippen LogP contribution in [0.15, 0.2) is 54.6 Å². The van der Waals surface area contributed by atoms with Gasteiger partial charge in [-0.2, -0.15) is 0 Å². The molecule has 0 aliphatic rings. The van der Waals surface area contributed by atoms with Crippen molar-refractivity contribution in [3.05, 3.63) is 54.6 Å². The lowest BCUT2D eigenvalue weighted by atomic mass is 10.0. The fourth-order valence-electron chi connectivity index (χ4n) is 2.29. The molecule has 0 aliphatic heterocycles. The highest BCUT2D eigenvalue weighted by atomic mass is 35.5. The maximum absolute atomic E-state index is 5.89. The Morgan fingerprint density at radius 1 is 0.684 bits per heavy atom. The lowest BCUT2D eigenvalue weighted by Crippen LogP contribution is -2.18. The molecule has 0 radical (unpaired) electrons. The molecule has 0 heterocycles. The Morgan fingerprint density at radius 2 is 1.26 bits per heavy atom. The molecule has 3 rings (SSSR count). The van der Waals surface area contributed by atoms with E-state index in [1.807, 2.05) is 4.90 Å². The van der Waals surface area contributed by atoms with Gasteiger partial charge in [-0.3, -0.25) is 0 Å². The molecule has 0 fully saturated rings. The summed E-state index contributed by atoms with van der Waals surface area (Å²) in [6, 6.07) is 19.9. The first-order chi connectivity index (χ1) is 9.31. The second-order valence-corrected chi connectivity index (χ2v) is 4.99. The highest BCUT2D eigenvalue weighted by Crippen LogP contribution is 2.27. The Labute approximate surface area is 122 Å². The zero-order valence-electron chi connectivity index (χ0n) is 10.3. The van der Waals surface area contributed by atoms with Crippen LogP contribution in [0, 0.1) is 0 Å². The molecular weight excluding hydrogens is 277 g/mol. The van der Waals surface area contributed by atoms with E-state index in [2.05, 4.69) is 54.6 Å². The topological polar surface area (TPSA) is 3.24 Å². The molecule has 0 unspecified atom stereocenters. The van der Waals surface area contributed by atoms with E-state index in [1.54, 1.807) is 0 Å². The predicted octanol–water partition coefficient (Wildman–Crippen LogP) is 5.19. The van der Waals surface area contributed by atoms with Gasteiger partial charge in [-0.05, 0) is 45.8 Å². The van der Waals surface area contributed by atoms with E-state index in [0.29, 0.717) is 12.0 Å². The van der Waals surface area contributed by atoms with E-state index in [0.717, 1.165) is 5.69 Å². The van der Waals surface area contributed by atoms with Crippen LogP contribution in [0.3, 0.4) is 0 Å². The van der Waals surface area contributed by atoms with Gasteiger partial charge in [0.1, 0.15) is 0 Å². The molecule has 3 aromatic rings. The first kappa shape index (κ1) is 12.6. The number of nitrogens with zero attached hydrogens (tertiary/aromatic N) is 1. The van der Waals surface area contributed by atoms with Gasteiger partial charge in [-0.25, -0.2) is 0 Å². The van der Waals surface area contributed by atoms with Crippen molar-refractivity contribution < 1.29 is 0 Å². The molecule has 0 spiro atoms. The molecule has 0 bridgehead atoms. The van der Waals surface area contributed by atoms with Crippen LogP contribution in [0.2, 0.25) is 0 Å². The fraction of sp³-hybridized carbons (Fsp3) is 0.125. The van der Waals surface area contributed by atoms with Gasteiger partial charge in [-0.15, -0.1) is 23.2 Å². The van der Waals surface area contributed by atoms with Crippen LogP contribution in [-0.4, -0.2) is 12.0 Å². The first-order valence-electron chi connectivity index (χ1n) is 6.11. The quantitative estimate of drug-likeness (QED) is 0.364. The molecule has 0 aliphatic carbocycles. The number of rotatable bonds is 3. The Bertz CT molecular complexity index is 720. The van der Waals surface area contributed by atoms with Gasteiger partial charge >= 0.3 is 0 Å². The number of alkyl halides is 2. The van der Waals surface area contributed by atoms with Crippen molar-refractivity contribution >= 4 is 50.4 Å². The largest absolute Gasteiger partial charge is 0.344 e. The molecule has 1 nitrogen and oxygen atoms in total. The number of hydrogen-bond acceptors (Lipinski definition) is 1. The summed E-state index contributed by atoms with van der Waals surface area (Å²) in [4.78, 5) is 1.91. The molecule has 0 amide bonds. The lowest BCUT2D eigenvalue weighted by Gasteiger charge is -2.19. The highest BCUT2D eigenvalue weighted by molar-refractivity contribution is 6.22. The van der Waals surface area contributed by atoms with Crippen molar-refractivity contribution in [2.75, 3.05) is 16.9 Å². The van der Waals surface area contributed by atoms with Crippen molar-refractivity contribution in [3.63, 3.8) is 0 Å². The van der Waals surface area contributed by atoms with E-state index < -0.39 is 0 Å². The van der Waals surface area contributed by atoms with Crippen LogP contribution in [0.1, 0.15) is 0 Å². The summed E-state index contributed by atoms with van der Waals surface area (Å²) in [6.45, 7) is 0. The van der Waals surface area contributed by atoms with Gasteiger partial charge in [0.05, 0.1) is 12.0 Å². The Kier molecular flexibility index (Phi) is 3.50. The summed E-state index contributed by atoms with van der Waals surface area (Å²) in [5.41, 5.74) is 1.05. The van der Waals surface area contributed by atoms with E-state index in [-0.39, 0.29) is 0 Å². The smallest absolute Gasteiger partial charge is 0.0940 e. The summed E-state index contributed by atoms with van der Waals surface area (Å²) < 4.78 is 0. The molecule has 0 atom stereocenters. The zero-order chi connectivity index (χ0) is 13.2. The van der Waals surface area contributed by atoms with Gasteiger partial charge in [0.25, 0.3) is 0 Å². The van der Waals surface area contributed by atoms with E-state index in [9.17, 15) is 0 Å². The van der Waals surface area contributed by atoms with Crippen LogP contribution < -0.4 is 4.90 Å². The zero-order valence-corrected chi connectivity index (χ0v) is 11.8. The number of hydrogen-bond donors (Lipinski definition) is 0. The van der Waals surface area contributed by atoms with Crippen molar-refractivity contribution in [2.24, 2.45) is 0 Å². The standard InChI is InChI=1S/C16H13Cl2N/c17-10-19(11-18)16-6-5-14-7-12-3-1-2-4-13(12)8-15(14)9-16/h1-9H,10-11H2. The fourth-order valence-corrected chi connectivity index (χ4v) is 2.83. The van der Waals surface area contributed by atoms with Gasteiger partial charge in [0, 0.05) is 5.69 Å². The van der Waals surface area contributed by atoms with E-state index >= 15 is 0 Å². The van der Waals surface area contributed by atoms with Crippen LogP contribution in [-0.2, 0) is 0 Å². The van der Waals surface area contributed by atoms with E-state index in [4.69, 9.17) is 23.2 Å². The molecule has 3 heteroatoms. The monoisotopic (exact) mass is 289 g/mol. The molecule has 19 heavy (non-hydrogen) atoms. The number of anilines is 1. The second kappa shape index (κ2) is 5.28. The third-order valence-electron chi connectivity index (χ3n) is 3.34. The Morgan fingerprint density at radius 3 is 1.89 bits per heavy atom. The molecule has 3 aromatic carbocycles. The van der Waals surface area contributed by atoms with Gasteiger partial charge < -0.3 is 4.90 Å². The Hall–Kier alpha value is -1.44. The summed E-state index contributed by atoms with van der Waals surface area (Å²) in [5.74, 6) is 0. The molecular formula is C16H13Cl2N. The molecule has 0 N–H and O–H groups in total. The number of benzene rings is 3. The van der Waals surface area contributed by atoms with Crippen LogP contribution in [0.5, 0.6) is 0 Å². The third kappa shape index (κ3) is 2.36. The summed E-state index contributed by atoms with van der Waals surface area (Å²) in [6.07, 6.45) is 0. The highest BCUT2D eigenvalue weighted by Gasteiger charge is 2.05. The molecule has 0 saturated heterocycles. The van der Waals surface area contributed by atoms with Gasteiger partial charge in [0.2, 0.25) is 0 Å². The average molecular weight is 290 g/mol. The van der Waals surface area contributed by atoms with Crippen molar-refractivity contribution in [3.8, 4) is 0 Å². The normalized spacial score (nSPS) is 11.1. The van der Waals surface area contributed by atoms with E-state index in [1.165, 1.54) is 21.5 Å². The minimum absolute atomic E-state index is 0.391. The van der Waals surface area contributed by atoms with Gasteiger partial charge in [0.15, 0.2) is 0 Å². The maximum Gasteiger partial charge on any atom is 0.0940 e. The number of fused-ring (bicyclic) bond motifs is 2. The summed E-state index contributed by atoms with van der Waals surface area (Å²) in [5, 5.41) is 4.94. The van der Waals surface area contributed by atoms with Crippen LogP contribution in [0.4, 0.5) is 5.69 Å². The molecule has 96 valence electrons. The Balaban J connectivity index is 2.19. The summed E-state index contributed by atoms with van der Waals surface area (Å²) in [7, 11) is 0. The van der Waals surface area contributed by atoms with Gasteiger partial charge in [-0.1, -0.05) is 30.3 Å². The van der Waals surface area contributed by atoms with Crippen molar-refractivity contribution in [1.29, 1.82) is 0 Å². The third-order valence-corrected chi connectivity index (χ3v) is 3.92.